The van der Waals surface area contributed by atoms with Gasteiger partial charge in [-0.15, -0.1) is 0 Å². The fourth-order valence-electron chi connectivity index (χ4n) is 2.40. The monoisotopic (exact) mass is 349 g/mol. The van der Waals surface area contributed by atoms with Crippen LogP contribution in [0.2, 0.25) is 0 Å². The summed E-state index contributed by atoms with van der Waals surface area (Å²) < 4.78 is 10.8. The Bertz CT molecular complexity index is 613. The van der Waals surface area contributed by atoms with Crippen LogP contribution in [0.5, 0.6) is 0 Å². The zero-order chi connectivity index (χ0) is 18.4. The van der Waals surface area contributed by atoms with Crippen LogP contribution < -0.4 is 5.32 Å². The molecule has 0 saturated carbocycles. The molecule has 1 aliphatic rings. The fourth-order valence-corrected chi connectivity index (χ4v) is 2.40. The van der Waals surface area contributed by atoms with Crippen LogP contribution in [-0.4, -0.2) is 60.7 Å². The highest BCUT2D eigenvalue weighted by atomic mass is 16.5. The van der Waals surface area contributed by atoms with Crippen LogP contribution in [0.3, 0.4) is 0 Å². The molecule has 1 unspecified atom stereocenters. The van der Waals surface area contributed by atoms with Gasteiger partial charge in [-0.25, -0.2) is 4.79 Å². The van der Waals surface area contributed by atoms with Gasteiger partial charge in [-0.3, -0.25) is 14.7 Å². The Morgan fingerprint density at radius 1 is 1.44 bits per heavy atom. The van der Waals surface area contributed by atoms with Crippen LogP contribution in [-0.2, 0) is 14.3 Å². The number of anilines is 1. The maximum Gasteiger partial charge on any atom is 0.341 e. The molecule has 1 fully saturated rings. The van der Waals surface area contributed by atoms with E-state index in [4.69, 9.17) is 9.47 Å². The first-order chi connectivity index (χ1) is 11.8. The average molecular weight is 349 g/mol. The van der Waals surface area contributed by atoms with Crippen molar-refractivity contribution in [3.05, 3.63) is 24.0 Å². The number of nitrogens with zero attached hydrogens (tertiary/aromatic N) is 2. The minimum atomic E-state index is -0.559. The predicted octanol–water partition coefficient (Wildman–Crippen LogP) is 1.94. The van der Waals surface area contributed by atoms with E-state index in [9.17, 15) is 9.59 Å². The van der Waals surface area contributed by atoms with Gasteiger partial charge in [-0.2, -0.15) is 0 Å². The summed E-state index contributed by atoms with van der Waals surface area (Å²) in [5.41, 5.74) is 0.117. The molecule has 1 aromatic rings. The van der Waals surface area contributed by atoms with Gasteiger partial charge < -0.3 is 14.8 Å². The van der Waals surface area contributed by atoms with Crippen molar-refractivity contribution >= 4 is 17.6 Å². The van der Waals surface area contributed by atoms with Gasteiger partial charge >= 0.3 is 5.97 Å². The summed E-state index contributed by atoms with van der Waals surface area (Å²) in [5, 5.41) is 2.77. The molecule has 7 nitrogen and oxygen atoms in total. The van der Waals surface area contributed by atoms with Gasteiger partial charge in [0, 0.05) is 36.9 Å². The molecule has 1 N–H and O–H groups in total. The Morgan fingerprint density at radius 3 is 2.88 bits per heavy atom. The van der Waals surface area contributed by atoms with Gasteiger partial charge in [-0.1, -0.05) is 20.8 Å². The largest absolute Gasteiger partial charge is 0.461 e. The number of amides is 1. The van der Waals surface area contributed by atoms with E-state index in [1.807, 2.05) is 20.8 Å². The molecule has 7 heteroatoms. The van der Waals surface area contributed by atoms with E-state index in [0.29, 0.717) is 31.5 Å². The average Bonchev–Trinajstić information content (AvgIpc) is 2.56. The minimum absolute atomic E-state index is 0.171. The Balaban J connectivity index is 1.94. The normalized spacial score (nSPS) is 18.6. The lowest BCUT2D eigenvalue weighted by Gasteiger charge is -2.32. The topological polar surface area (TPSA) is 80.8 Å². The highest BCUT2D eigenvalue weighted by Gasteiger charge is 2.24. The molecule has 1 saturated heterocycles. The number of aromatic nitrogens is 1. The van der Waals surface area contributed by atoms with E-state index in [-0.39, 0.29) is 18.1 Å². The molecular weight excluding hydrogens is 322 g/mol. The van der Waals surface area contributed by atoms with Gasteiger partial charge in [0.25, 0.3) is 0 Å². The van der Waals surface area contributed by atoms with E-state index >= 15 is 0 Å². The first-order valence-corrected chi connectivity index (χ1v) is 8.53. The number of carbonyl (C=O) groups is 2. The van der Waals surface area contributed by atoms with E-state index < -0.39 is 11.4 Å². The van der Waals surface area contributed by atoms with Crippen molar-refractivity contribution in [3.8, 4) is 0 Å². The lowest BCUT2D eigenvalue weighted by Crippen LogP contribution is -2.45. The Hall–Kier alpha value is -1.99. The molecule has 2 rings (SSSR count). The van der Waals surface area contributed by atoms with Crippen molar-refractivity contribution in [2.24, 2.45) is 5.41 Å². The predicted molar refractivity (Wildman–Crippen MR) is 94.5 cm³/mol. The van der Waals surface area contributed by atoms with Crippen LogP contribution in [0.1, 0.15) is 38.1 Å². The maximum absolute atomic E-state index is 12.4. The molecule has 1 atom stereocenters. The third-order valence-electron chi connectivity index (χ3n) is 4.09. The van der Waals surface area contributed by atoms with Crippen molar-refractivity contribution < 1.29 is 19.1 Å². The van der Waals surface area contributed by atoms with Crippen molar-refractivity contribution in [1.82, 2.24) is 9.88 Å². The van der Waals surface area contributed by atoms with Crippen LogP contribution in [0.15, 0.2) is 18.5 Å². The zero-order valence-electron chi connectivity index (χ0n) is 15.4. The lowest BCUT2D eigenvalue weighted by molar-refractivity contribution is -0.123. The summed E-state index contributed by atoms with van der Waals surface area (Å²) in [7, 11) is 0. The van der Waals surface area contributed by atoms with Crippen LogP contribution in [0, 0.1) is 5.41 Å². The molecule has 0 bridgehead atoms. The third-order valence-corrected chi connectivity index (χ3v) is 4.09. The molecule has 1 aliphatic heterocycles. The van der Waals surface area contributed by atoms with Gasteiger partial charge in [0.2, 0.25) is 5.91 Å². The Morgan fingerprint density at radius 2 is 2.20 bits per heavy atom. The number of nitrogens with one attached hydrogen (secondary N) is 1. The van der Waals surface area contributed by atoms with Crippen molar-refractivity contribution in [2.45, 2.75) is 33.7 Å². The number of carbonyl (C=O) groups excluding carboxylic acids is 2. The molecule has 1 aromatic heterocycles. The summed E-state index contributed by atoms with van der Waals surface area (Å²) in [4.78, 5) is 30.7. The molecule has 1 amide bonds. The fraction of sp³-hybridized carbons (Fsp3) is 0.611. The van der Waals surface area contributed by atoms with Gasteiger partial charge in [0.1, 0.15) is 12.2 Å². The zero-order valence-corrected chi connectivity index (χ0v) is 15.4. The molecule has 2 heterocycles. The number of hydrogen-bond acceptors (Lipinski definition) is 6. The quantitative estimate of drug-likeness (QED) is 0.818. The minimum Gasteiger partial charge on any atom is -0.461 e. The summed E-state index contributed by atoms with van der Waals surface area (Å²) in [6.45, 7) is 10.7. The second-order valence-corrected chi connectivity index (χ2v) is 7.22. The van der Waals surface area contributed by atoms with E-state index in [1.165, 1.54) is 12.4 Å². The molecule has 0 aromatic carbocycles. The van der Waals surface area contributed by atoms with Gasteiger partial charge in [0.05, 0.1) is 18.9 Å². The first kappa shape index (κ1) is 19.3. The number of rotatable bonds is 5. The maximum atomic E-state index is 12.4. The number of esters is 1. The molecule has 25 heavy (non-hydrogen) atoms. The smallest absolute Gasteiger partial charge is 0.341 e. The number of morpholine rings is 1. The van der Waals surface area contributed by atoms with E-state index in [0.717, 1.165) is 6.54 Å². The van der Waals surface area contributed by atoms with Gasteiger partial charge in [0.15, 0.2) is 0 Å². The summed E-state index contributed by atoms with van der Waals surface area (Å²) in [6, 6.07) is 1.91. The summed E-state index contributed by atoms with van der Waals surface area (Å²) >= 11 is 0. The third kappa shape index (κ3) is 5.51. The van der Waals surface area contributed by atoms with Crippen molar-refractivity contribution in [3.63, 3.8) is 0 Å². The SMILES string of the molecule is CC1COCCN1CCOC(=O)c1cnccc1NC(=O)C(C)(C)C. The molecule has 0 aliphatic carbocycles. The number of pyridine rings is 1. The highest BCUT2D eigenvalue weighted by Crippen LogP contribution is 2.20. The molecule has 0 radical (unpaired) electrons. The van der Waals surface area contributed by atoms with Crippen molar-refractivity contribution in [1.29, 1.82) is 0 Å². The van der Waals surface area contributed by atoms with Crippen LogP contribution in [0.4, 0.5) is 5.69 Å². The highest BCUT2D eigenvalue weighted by molar-refractivity contribution is 6.02. The van der Waals surface area contributed by atoms with E-state index in [1.54, 1.807) is 6.07 Å². The van der Waals surface area contributed by atoms with Crippen LogP contribution >= 0.6 is 0 Å². The van der Waals surface area contributed by atoms with Crippen LogP contribution in [0.25, 0.3) is 0 Å². The van der Waals surface area contributed by atoms with Gasteiger partial charge in [-0.05, 0) is 13.0 Å². The summed E-state index contributed by atoms with van der Waals surface area (Å²) in [5.74, 6) is -0.659. The Kier molecular flexibility index (Phi) is 6.50. The summed E-state index contributed by atoms with van der Waals surface area (Å²) in [6.07, 6.45) is 2.95. The first-order valence-electron chi connectivity index (χ1n) is 8.53. The standard InChI is InChI=1S/C18H27N3O4/c1-13-12-24-9-7-21(13)8-10-25-16(22)14-11-19-6-5-15(14)20-17(23)18(2,3)4/h5-6,11,13H,7-10,12H2,1-4H3,(H,19,20,23). The van der Waals surface area contributed by atoms with Crippen molar-refractivity contribution in [2.75, 3.05) is 38.2 Å². The second-order valence-electron chi connectivity index (χ2n) is 7.22. The number of hydrogen-bond donors (Lipinski definition) is 1. The molecule has 0 spiro atoms. The Labute approximate surface area is 148 Å². The molecule has 138 valence electrons. The molecular formula is C18H27N3O4. The second kappa shape index (κ2) is 8.40. The van der Waals surface area contributed by atoms with E-state index in [2.05, 4.69) is 22.1 Å². The number of ether oxygens (including phenoxy) is 2. The lowest BCUT2D eigenvalue weighted by atomic mass is 9.95.